The molecule has 0 spiro atoms. The van der Waals surface area contributed by atoms with Gasteiger partial charge in [-0.05, 0) is 45.4 Å². The molecule has 3 N–H and O–H groups in total. The SMILES string of the molecule is CC1CN(c2ccc(Cl)c(Cl)c2)N=C1NC(=O)CCCNC(=O)CCNC(=O)OC(C)(C)C. The van der Waals surface area contributed by atoms with E-state index in [9.17, 15) is 14.4 Å². The van der Waals surface area contributed by atoms with Crippen molar-refractivity contribution in [2.24, 2.45) is 11.0 Å². The van der Waals surface area contributed by atoms with Crippen LogP contribution in [-0.2, 0) is 14.3 Å². The standard InChI is InChI=1S/C22H31Cl2N5O4/c1-14-13-29(15-7-8-16(23)17(24)12-15)28-20(14)27-19(31)6-5-10-25-18(30)9-11-26-21(32)33-22(2,3)4/h7-8,12,14H,5-6,9-11,13H2,1-4H3,(H,25,30)(H,26,32)(H,27,28,31). The van der Waals surface area contributed by atoms with E-state index < -0.39 is 11.7 Å². The van der Waals surface area contributed by atoms with Gasteiger partial charge in [-0.25, -0.2) is 4.79 Å². The summed E-state index contributed by atoms with van der Waals surface area (Å²) >= 11 is 12.0. The normalized spacial score (nSPS) is 15.6. The highest BCUT2D eigenvalue weighted by Gasteiger charge is 2.25. The fourth-order valence-electron chi connectivity index (χ4n) is 2.94. The van der Waals surface area contributed by atoms with Crippen LogP contribution >= 0.6 is 23.2 Å². The predicted octanol–water partition coefficient (Wildman–Crippen LogP) is 3.69. The van der Waals surface area contributed by atoms with Gasteiger partial charge in [0.1, 0.15) is 11.4 Å². The lowest BCUT2D eigenvalue weighted by atomic mass is 10.1. The Kier molecular flexibility index (Phi) is 9.79. The number of rotatable bonds is 8. The Labute approximate surface area is 204 Å². The molecule has 1 aromatic rings. The molecule has 0 fully saturated rings. The summed E-state index contributed by atoms with van der Waals surface area (Å²) in [6.07, 6.45) is 0.294. The van der Waals surface area contributed by atoms with Crippen molar-refractivity contribution < 1.29 is 19.1 Å². The van der Waals surface area contributed by atoms with E-state index in [0.717, 1.165) is 5.69 Å². The number of nitrogens with one attached hydrogen (secondary N) is 3. The van der Waals surface area contributed by atoms with E-state index in [2.05, 4.69) is 21.1 Å². The van der Waals surface area contributed by atoms with Crippen molar-refractivity contribution in [3.63, 3.8) is 0 Å². The Balaban J connectivity index is 1.66. The van der Waals surface area contributed by atoms with Crippen molar-refractivity contribution in [1.29, 1.82) is 0 Å². The van der Waals surface area contributed by atoms with Crippen LogP contribution < -0.4 is 21.0 Å². The summed E-state index contributed by atoms with van der Waals surface area (Å²) in [5, 5.41) is 15.3. The van der Waals surface area contributed by atoms with Crippen molar-refractivity contribution >= 4 is 52.6 Å². The van der Waals surface area contributed by atoms with Gasteiger partial charge in [0.05, 0.1) is 22.3 Å². The molecule has 0 bridgehead atoms. The molecule has 2 rings (SSSR count). The minimum absolute atomic E-state index is 0.0422. The molecule has 0 aromatic heterocycles. The molecule has 11 heteroatoms. The van der Waals surface area contributed by atoms with E-state index in [0.29, 0.717) is 35.4 Å². The summed E-state index contributed by atoms with van der Waals surface area (Å²) in [4.78, 5) is 35.7. The van der Waals surface area contributed by atoms with Gasteiger partial charge in [0.25, 0.3) is 0 Å². The fraction of sp³-hybridized carbons (Fsp3) is 0.545. The van der Waals surface area contributed by atoms with Crippen molar-refractivity contribution in [3.8, 4) is 0 Å². The summed E-state index contributed by atoms with van der Waals surface area (Å²) in [5.74, 6) is 0.249. The number of amides is 3. The number of benzene rings is 1. The Morgan fingerprint density at radius 1 is 1.09 bits per heavy atom. The molecule has 9 nitrogen and oxygen atoms in total. The summed E-state index contributed by atoms with van der Waals surface area (Å²) in [5.41, 5.74) is 0.209. The lowest BCUT2D eigenvalue weighted by Gasteiger charge is -2.19. The topological polar surface area (TPSA) is 112 Å². The Morgan fingerprint density at radius 2 is 1.82 bits per heavy atom. The molecule has 1 aliphatic rings. The van der Waals surface area contributed by atoms with Gasteiger partial charge in [-0.3, -0.25) is 14.6 Å². The second kappa shape index (κ2) is 12.1. The fourth-order valence-corrected chi connectivity index (χ4v) is 3.23. The first-order chi connectivity index (χ1) is 15.4. The third kappa shape index (κ3) is 9.47. The van der Waals surface area contributed by atoms with Gasteiger partial charge in [0, 0.05) is 31.8 Å². The van der Waals surface area contributed by atoms with Crippen molar-refractivity contribution in [2.75, 3.05) is 24.6 Å². The summed E-state index contributed by atoms with van der Waals surface area (Å²) in [7, 11) is 0. The monoisotopic (exact) mass is 499 g/mol. The number of nitrogens with zero attached hydrogens (tertiary/aromatic N) is 2. The van der Waals surface area contributed by atoms with Crippen molar-refractivity contribution in [1.82, 2.24) is 16.0 Å². The zero-order chi connectivity index (χ0) is 24.6. The third-order valence-corrected chi connectivity index (χ3v) is 5.27. The number of ether oxygens (including phenoxy) is 1. The summed E-state index contributed by atoms with van der Waals surface area (Å²) in [6, 6.07) is 5.26. The third-order valence-electron chi connectivity index (χ3n) is 4.53. The molecular weight excluding hydrogens is 469 g/mol. The number of anilines is 1. The highest BCUT2D eigenvalue weighted by Crippen LogP contribution is 2.29. The second-order valence-electron chi connectivity index (χ2n) is 8.75. The number of hydrogen-bond acceptors (Lipinski definition) is 6. The van der Waals surface area contributed by atoms with Crippen LogP contribution in [-0.4, -0.2) is 49.0 Å². The molecule has 33 heavy (non-hydrogen) atoms. The zero-order valence-corrected chi connectivity index (χ0v) is 20.8. The van der Waals surface area contributed by atoms with Crippen molar-refractivity contribution in [3.05, 3.63) is 28.2 Å². The Bertz CT molecular complexity index is 901. The van der Waals surface area contributed by atoms with E-state index in [-0.39, 0.29) is 37.1 Å². The number of hydrazone groups is 1. The minimum atomic E-state index is -0.587. The van der Waals surface area contributed by atoms with Gasteiger partial charge in [0.2, 0.25) is 11.8 Å². The molecule has 0 saturated heterocycles. The summed E-state index contributed by atoms with van der Waals surface area (Å²) in [6.45, 7) is 8.41. The molecule has 1 unspecified atom stereocenters. The minimum Gasteiger partial charge on any atom is -0.444 e. The average molecular weight is 500 g/mol. The molecule has 0 saturated carbocycles. The van der Waals surface area contributed by atoms with Gasteiger partial charge in [0.15, 0.2) is 0 Å². The highest BCUT2D eigenvalue weighted by atomic mass is 35.5. The largest absolute Gasteiger partial charge is 0.444 e. The van der Waals surface area contributed by atoms with Crippen LogP contribution in [0.2, 0.25) is 10.0 Å². The number of halogens is 2. The molecule has 1 aromatic carbocycles. The number of hydrogen-bond donors (Lipinski definition) is 3. The van der Waals surface area contributed by atoms with Gasteiger partial charge in [-0.2, -0.15) is 5.10 Å². The number of carbonyl (C=O) groups is 3. The molecule has 0 aliphatic carbocycles. The van der Waals surface area contributed by atoms with Gasteiger partial charge < -0.3 is 20.7 Å². The molecular formula is C22H31Cl2N5O4. The maximum atomic E-state index is 12.3. The van der Waals surface area contributed by atoms with Gasteiger partial charge in [-0.1, -0.05) is 30.1 Å². The first-order valence-electron chi connectivity index (χ1n) is 10.8. The van der Waals surface area contributed by atoms with Gasteiger partial charge in [-0.15, -0.1) is 0 Å². The molecule has 182 valence electrons. The van der Waals surface area contributed by atoms with Crippen LogP contribution in [0.15, 0.2) is 23.3 Å². The molecule has 1 aliphatic heterocycles. The van der Waals surface area contributed by atoms with E-state index in [4.69, 9.17) is 27.9 Å². The van der Waals surface area contributed by atoms with E-state index in [1.54, 1.807) is 37.9 Å². The lowest BCUT2D eigenvalue weighted by molar-refractivity contribution is -0.122. The molecule has 1 atom stereocenters. The Hall–Kier alpha value is -2.52. The highest BCUT2D eigenvalue weighted by molar-refractivity contribution is 6.42. The van der Waals surface area contributed by atoms with E-state index >= 15 is 0 Å². The molecule has 3 amide bonds. The number of carbonyl (C=O) groups excluding carboxylic acids is 3. The van der Waals surface area contributed by atoms with E-state index in [1.165, 1.54) is 0 Å². The maximum Gasteiger partial charge on any atom is 0.407 e. The van der Waals surface area contributed by atoms with Gasteiger partial charge >= 0.3 is 6.09 Å². The van der Waals surface area contributed by atoms with Crippen LogP contribution in [0.3, 0.4) is 0 Å². The Morgan fingerprint density at radius 3 is 2.48 bits per heavy atom. The van der Waals surface area contributed by atoms with Crippen LogP contribution in [0.1, 0.15) is 47.0 Å². The van der Waals surface area contributed by atoms with Crippen LogP contribution in [0.5, 0.6) is 0 Å². The van der Waals surface area contributed by atoms with Crippen molar-refractivity contribution in [2.45, 2.75) is 52.6 Å². The van der Waals surface area contributed by atoms with E-state index in [1.807, 2.05) is 13.0 Å². The van der Waals surface area contributed by atoms with Crippen LogP contribution in [0.4, 0.5) is 10.5 Å². The van der Waals surface area contributed by atoms with Crippen LogP contribution in [0.25, 0.3) is 0 Å². The first kappa shape index (κ1) is 26.7. The molecule has 1 heterocycles. The lowest BCUT2D eigenvalue weighted by Crippen LogP contribution is -2.36. The maximum absolute atomic E-state index is 12.3. The summed E-state index contributed by atoms with van der Waals surface area (Å²) < 4.78 is 5.10. The number of alkyl carbamates (subject to hydrolysis) is 1. The second-order valence-corrected chi connectivity index (χ2v) is 9.56. The van der Waals surface area contributed by atoms with Crippen LogP contribution in [0, 0.1) is 5.92 Å². The predicted molar refractivity (Wildman–Crippen MR) is 130 cm³/mol. The molecule has 0 radical (unpaired) electrons. The number of amidine groups is 1. The zero-order valence-electron chi connectivity index (χ0n) is 19.3. The first-order valence-corrected chi connectivity index (χ1v) is 11.5. The quantitative estimate of drug-likeness (QED) is 0.472. The smallest absolute Gasteiger partial charge is 0.407 e. The average Bonchev–Trinajstić information content (AvgIpc) is 3.06.